The highest BCUT2D eigenvalue weighted by Crippen LogP contribution is 2.14. The molecular weight excluding hydrogens is 219 g/mol. The maximum Gasteiger partial charge on any atom is 0.138 e. The number of aromatic nitrogens is 3. The highest BCUT2D eigenvalue weighted by Gasteiger charge is 2.05. The van der Waals surface area contributed by atoms with Gasteiger partial charge in [0.1, 0.15) is 18.5 Å². The highest BCUT2D eigenvalue weighted by molar-refractivity contribution is 5.85. The molecule has 80 valence electrons. The first-order valence-electron chi connectivity index (χ1n) is 4.15. The van der Waals surface area contributed by atoms with Gasteiger partial charge in [0.05, 0.1) is 5.69 Å². The SMILES string of the molecule is Cl.NCc1ccc(F)cc1-n1cncn1. The van der Waals surface area contributed by atoms with Gasteiger partial charge in [-0.1, -0.05) is 6.07 Å². The Hall–Kier alpha value is -1.46. The van der Waals surface area contributed by atoms with Crippen LogP contribution in [-0.2, 0) is 6.54 Å². The highest BCUT2D eigenvalue weighted by atomic mass is 35.5. The fourth-order valence-electron chi connectivity index (χ4n) is 1.26. The van der Waals surface area contributed by atoms with Gasteiger partial charge in [-0.2, -0.15) is 5.10 Å². The smallest absolute Gasteiger partial charge is 0.138 e. The molecule has 2 rings (SSSR count). The number of hydrogen-bond acceptors (Lipinski definition) is 3. The maximum absolute atomic E-state index is 13.0. The lowest BCUT2D eigenvalue weighted by Crippen LogP contribution is -2.05. The molecule has 15 heavy (non-hydrogen) atoms. The molecule has 1 heterocycles. The molecule has 0 spiro atoms. The van der Waals surface area contributed by atoms with Crippen LogP contribution in [0.2, 0.25) is 0 Å². The number of halogens is 2. The number of nitrogens with two attached hydrogens (primary N) is 1. The zero-order chi connectivity index (χ0) is 9.97. The summed E-state index contributed by atoms with van der Waals surface area (Å²) in [5.74, 6) is -0.312. The summed E-state index contributed by atoms with van der Waals surface area (Å²) in [6, 6.07) is 4.41. The van der Waals surface area contributed by atoms with Crippen LogP contribution in [-0.4, -0.2) is 14.8 Å². The van der Waals surface area contributed by atoms with Crippen LogP contribution in [0.4, 0.5) is 4.39 Å². The predicted molar refractivity (Wildman–Crippen MR) is 56.5 cm³/mol. The molecule has 0 aliphatic rings. The summed E-state index contributed by atoms with van der Waals surface area (Å²) in [5, 5.41) is 3.92. The topological polar surface area (TPSA) is 56.7 Å². The van der Waals surface area contributed by atoms with Gasteiger partial charge in [0.25, 0.3) is 0 Å². The van der Waals surface area contributed by atoms with Crippen LogP contribution < -0.4 is 5.73 Å². The molecule has 1 aromatic carbocycles. The third-order valence-corrected chi connectivity index (χ3v) is 1.93. The summed E-state index contributed by atoms with van der Waals surface area (Å²) in [6.45, 7) is 0.343. The van der Waals surface area contributed by atoms with Crippen LogP contribution in [0.25, 0.3) is 5.69 Å². The van der Waals surface area contributed by atoms with Crippen molar-refractivity contribution in [3.05, 3.63) is 42.2 Å². The van der Waals surface area contributed by atoms with E-state index >= 15 is 0 Å². The first-order chi connectivity index (χ1) is 6.81. The zero-order valence-corrected chi connectivity index (χ0v) is 8.62. The van der Waals surface area contributed by atoms with Gasteiger partial charge in [-0.05, 0) is 17.7 Å². The van der Waals surface area contributed by atoms with E-state index in [9.17, 15) is 4.39 Å². The molecule has 0 saturated carbocycles. The summed E-state index contributed by atoms with van der Waals surface area (Å²) in [6.07, 6.45) is 2.90. The first-order valence-corrected chi connectivity index (χ1v) is 4.15. The van der Waals surface area contributed by atoms with Crippen LogP contribution in [0.15, 0.2) is 30.9 Å². The minimum Gasteiger partial charge on any atom is -0.326 e. The van der Waals surface area contributed by atoms with Gasteiger partial charge in [0.15, 0.2) is 0 Å². The monoisotopic (exact) mass is 228 g/mol. The third-order valence-electron chi connectivity index (χ3n) is 1.93. The van der Waals surface area contributed by atoms with Gasteiger partial charge in [-0.15, -0.1) is 12.4 Å². The van der Waals surface area contributed by atoms with E-state index in [1.807, 2.05) is 0 Å². The molecule has 0 amide bonds. The fraction of sp³-hybridized carbons (Fsp3) is 0.111. The Morgan fingerprint density at radius 1 is 1.40 bits per heavy atom. The van der Waals surface area contributed by atoms with Crippen molar-refractivity contribution in [2.75, 3.05) is 0 Å². The van der Waals surface area contributed by atoms with Crippen molar-refractivity contribution < 1.29 is 4.39 Å². The number of benzene rings is 1. The number of hydrogen-bond donors (Lipinski definition) is 1. The molecule has 2 N–H and O–H groups in total. The Morgan fingerprint density at radius 2 is 2.20 bits per heavy atom. The number of nitrogens with zero attached hydrogens (tertiary/aromatic N) is 3. The van der Waals surface area contributed by atoms with Crippen molar-refractivity contribution in [1.29, 1.82) is 0 Å². The van der Waals surface area contributed by atoms with Gasteiger partial charge in [0.2, 0.25) is 0 Å². The first kappa shape index (κ1) is 11.6. The van der Waals surface area contributed by atoms with Crippen molar-refractivity contribution in [3.8, 4) is 5.69 Å². The molecule has 0 fully saturated rings. The van der Waals surface area contributed by atoms with Gasteiger partial charge in [-0.3, -0.25) is 0 Å². The Balaban J connectivity index is 0.00000112. The molecule has 0 radical (unpaired) electrons. The second-order valence-electron chi connectivity index (χ2n) is 2.82. The van der Waals surface area contributed by atoms with Crippen molar-refractivity contribution in [2.24, 2.45) is 5.73 Å². The molecule has 4 nitrogen and oxygen atoms in total. The molecule has 0 unspecified atom stereocenters. The minimum atomic E-state index is -0.312. The van der Waals surface area contributed by atoms with E-state index in [1.54, 1.807) is 6.07 Å². The molecule has 0 aliphatic heterocycles. The van der Waals surface area contributed by atoms with E-state index in [4.69, 9.17) is 5.73 Å². The Bertz CT molecular complexity index is 430. The quantitative estimate of drug-likeness (QED) is 0.843. The molecule has 0 aliphatic carbocycles. The van der Waals surface area contributed by atoms with Gasteiger partial charge in [0, 0.05) is 6.54 Å². The second kappa shape index (κ2) is 4.86. The fourth-order valence-corrected chi connectivity index (χ4v) is 1.26. The van der Waals surface area contributed by atoms with Crippen molar-refractivity contribution >= 4 is 12.4 Å². The van der Waals surface area contributed by atoms with E-state index in [0.717, 1.165) is 5.56 Å². The average Bonchev–Trinajstić information content (AvgIpc) is 2.70. The van der Waals surface area contributed by atoms with E-state index in [-0.39, 0.29) is 18.2 Å². The summed E-state index contributed by atoms with van der Waals surface area (Å²) in [7, 11) is 0. The number of rotatable bonds is 2. The normalized spacial score (nSPS) is 9.73. The van der Waals surface area contributed by atoms with E-state index < -0.39 is 0 Å². The molecule has 0 saturated heterocycles. The van der Waals surface area contributed by atoms with Crippen LogP contribution in [0.1, 0.15) is 5.56 Å². The minimum absolute atomic E-state index is 0. The zero-order valence-electron chi connectivity index (χ0n) is 7.80. The molecule has 1 aromatic heterocycles. The molecule has 0 atom stereocenters. The summed E-state index contributed by atoms with van der Waals surface area (Å²) >= 11 is 0. The molecular formula is C9H10ClFN4. The van der Waals surface area contributed by atoms with E-state index in [2.05, 4.69) is 10.1 Å². The van der Waals surface area contributed by atoms with Crippen molar-refractivity contribution in [3.63, 3.8) is 0 Å². The van der Waals surface area contributed by atoms with Gasteiger partial charge in [-0.25, -0.2) is 14.1 Å². The standard InChI is InChI=1S/C9H9FN4.ClH/c10-8-2-1-7(4-11)9(3-8)14-6-12-5-13-14;/h1-3,5-6H,4,11H2;1H. The summed E-state index contributed by atoms with van der Waals surface area (Å²) in [5.41, 5.74) is 6.98. The van der Waals surface area contributed by atoms with Crippen molar-refractivity contribution in [2.45, 2.75) is 6.54 Å². The lowest BCUT2D eigenvalue weighted by Gasteiger charge is -2.06. The van der Waals surface area contributed by atoms with Crippen LogP contribution in [0.5, 0.6) is 0 Å². The largest absolute Gasteiger partial charge is 0.326 e. The van der Waals surface area contributed by atoms with E-state index in [1.165, 1.54) is 29.5 Å². The lowest BCUT2D eigenvalue weighted by atomic mass is 10.2. The average molecular weight is 229 g/mol. The van der Waals surface area contributed by atoms with Crippen LogP contribution in [0.3, 0.4) is 0 Å². The molecule has 6 heteroatoms. The summed E-state index contributed by atoms with van der Waals surface area (Å²) in [4.78, 5) is 3.79. The van der Waals surface area contributed by atoms with Crippen molar-refractivity contribution in [1.82, 2.24) is 14.8 Å². The Morgan fingerprint density at radius 3 is 2.80 bits per heavy atom. The predicted octanol–water partition coefficient (Wildman–Crippen LogP) is 1.29. The second-order valence-corrected chi connectivity index (χ2v) is 2.82. The third kappa shape index (κ3) is 2.31. The maximum atomic E-state index is 13.0. The van der Waals surface area contributed by atoms with Gasteiger partial charge < -0.3 is 5.73 Å². The summed E-state index contributed by atoms with van der Waals surface area (Å²) < 4.78 is 14.5. The van der Waals surface area contributed by atoms with E-state index in [0.29, 0.717) is 12.2 Å². The Kier molecular flexibility index (Phi) is 3.76. The molecule has 2 aromatic rings. The Labute approximate surface area is 92.3 Å². The van der Waals surface area contributed by atoms with Crippen LogP contribution in [0, 0.1) is 5.82 Å². The van der Waals surface area contributed by atoms with Gasteiger partial charge >= 0.3 is 0 Å². The molecule has 0 bridgehead atoms. The lowest BCUT2D eigenvalue weighted by molar-refractivity contribution is 0.624. The van der Waals surface area contributed by atoms with Crippen LogP contribution >= 0.6 is 12.4 Å².